The minimum absolute atomic E-state index is 0.0302. The van der Waals surface area contributed by atoms with E-state index in [1.807, 2.05) is 20.8 Å². The fraction of sp³-hybridized carbons (Fsp3) is 0.800. The van der Waals surface area contributed by atoms with Gasteiger partial charge in [0.2, 0.25) is 0 Å². The van der Waals surface area contributed by atoms with Gasteiger partial charge in [0, 0.05) is 6.42 Å². The summed E-state index contributed by atoms with van der Waals surface area (Å²) in [4.78, 5) is 25.5. The van der Waals surface area contributed by atoms with Crippen LogP contribution in [0.4, 0.5) is 0 Å². The van der Waals surface area contributed by atoms with Crippen molar-refractivity contribution >= 4 is 11.6 Å². The Kier molecular flexibility index (Phi) is 6.38. The van der Waals surface area contributed by atoms with Crippen LogP contribution in [-0.2, 0) is 9.59 Å². The maximum atomic E-state index is 12.9. The molecule has 0 aromatic heterocycles. The summed E-state index contributed by atoms with van der Waals surface area (Å²) >= 11 is 0. The van der Waals surface area contributed by atoms with Crippen molar-refractivity contribution in [1.82, 2.24) is 0 Å². The van der Waals surface area contributed by atoms with E-state index in [0.717, 1.165) is 44.1 Å². The van der Waals surface area contributed by atoms with Gasteiger partial charge in [0.25, 0.3) is 0 Å². The van der Waals surface area contributed by atoms with Crippen LogP contribution in [0.2, 0.25) is 0 Å². The molecule has 4 nitrogen and oxygen atoms in total. The Bertz CT molecular complexity index is 928. The summed E-state index contributed by atoms with van der Waals surface area (Å²) in [6, 6.07) is 0. The SMILES string of the molecule is CC(C)=CC(=O)[C@@H](O)[C@H](C)[C@@H]1CC[C@]2(C)C3=CC[C@@H]4[C@](C)(CCC(=O)[C@]4(C)CO)[C@H]3CC[C@@]12C. The van der Waals surface area contributed by atoms with Crippen molar-refractivity contribution in [2.45, 2.75) is 99.5 Å². The highest BCUT2D eigenvalue weighted by atomic mass is 16.3. The van der Waals surface area contributed by atoms with Gasteiger partial charge < -0.3 is 10.2 Å². The van der Waals surface area contributed by atoms with Crippen LogP contribution in [0, 0.1) is 45.3 Å². The molecule has 0 amide bonds. The summed E-state index contributed by atoms with van der Waals surface area (Å²) in [5.74, 6) is 0.906. The van der Waals surface area contributed by atoms with Crippen molar-refractivity contribution in [3.63, 3.8) is 0 Å². The first-order chi connectivity index (χ1) is 15.8. The number of ketones is 2. The Morgan fingerprint density at radius 3 is 2.44 bits per heavy atom. The molecule has 0 aromatic carbocycles. The first kappa shape index (κ1) is 25.8. The molecule has 9 atom stereocenters. The van der Waals surface area contributed by atoms with E-state index < -0.39 is 11.5 Å². The molecule has 3 fully saturated rings. The summed E-state index contributed by atoms with van der Waals surface area (Å²) in [5.41, 5.74) is 1.96. The molecule has 0 unspecified atom stereocenters. The number of fused-ring (bicyclic) bond motifs is 5. The number of carbonyl (C=O) groups is 2. The molecule has 0 bridgehead atoms. The maximum Gasteiger partial charge on any atom is 0.184 e. The Labute approximate surface area is 206 Å². The van der Waals surface area contributed by atoms with Crippen LogP contribution in [-0.4, -0.2) is 34.5 Å². The quantitative estimate of drug-likeness (QED) is 0.401. The molecule has 4 heteroatoms. The zero-order chi connectivity index (χ0) is 25.3. The molecule has 0 heterocycles. The van der Waals surface area contributed by atoms with Gasteiger partial charge in [-0.2, -0.15) is 0 Å². The average Bonchev–Trinajstić information content (AvgIpc) is 3.06. The van der Waals surface area contributed by atoms with E-state index in [0.29, 0.717) is 18.3 Å². The second-order valence-corrected chi connectivity index (χ2v) is 13.4. The molecule has 0 aromatic rings. The molecule has 4 aliphatic carbocycles. The largest absolute Gasteiger partial charge is 0.395 e. The van der Waals surface area contributed by atoms with Crippen molar-refractivity contribution in [2.24, 2.45) is 45.3 Å². The minimum Gasteiger partial charge on any atom is -0.395 e. The molecule has 0 aliphatic heterocycles. The minimum atomic E-state index is -0.950. The average molecular weight is 471 g/mol. The van der Waals surface area contributed by atoms with Crippen molar-refractivity contribution in [1.29, 1.82) is 0 Å². The first-order valence-corrected chi connectivity index (χ1v) is 13.5. The standard InChI is InChI=1S/C30H46O4/c1-18(2)16-23(32)26(34)19(3)20-10-14-30(7)22-8-9-24-27(4,21(22)11-15-29(20,30)6)13-12-25(33)28(24,5)17-31/h8,16,19-21,24,26,31,34H,9-15,17H2,1-7H3/t19-,20+,21+,24-,26+,27-,28-,29+,30-/m1/s1. The molecule has 4 rings (SSSR count). The van der Waals surface area contributed by atoms with E-state index in [2.05, 4.69) is 33.8 Å². The van der Waals surface area contributed by atoms with Gasteiger partial charge in [-0.05, 0) is 98.4 Å². The highest BCUT2D eigenvalue weighted by Crippen LogP contribution is 2.73. The van der Waals surface area contributed by atoms with Crippen molar-refractivity contribution in [2.75, 3.05) is 6.61 Å². The zero-order valence-corrected chi connectivity index (χ0v) is 22.4. The van der Waals surface area contributed by atoms with E-state index >= 15 is 0 Å². The molecule has 0 radical (unpaired) electrons. The smallest absolute Gasteiger partial charge is 0.184 e. The summed E-state index contributed by atoms with van der Waals surface area (Å²) in [6.45, 7) is 15.0. The lowest BCUT2D eigenvalue weighted by atomic mass is 9.41. The number of allylic oxidation sites excluding steroid dienone is 3. The monoisotopic (exact) mass is 470 g/mol. The highest BCUT2D eigenvalue weighted by Gasteiger charge is 2.66. The molecular weight excluding hydrogens is 424 g/mol. The summed E-state index contributed by atoms with van der Waals surface area (Å²) in [7, 11) is 0. The number of Topliss-reactive ketones (excluding diaryl/α,β-unsaturated/α-hetero) is 1. The van der Waals surface area contributed by atoms with Crippen LogP contribution in [0.5, 0.6) is 0 Å². The molecule has 4 aliphatic rings. The molecule has 0 saturated heterocycles. The van der Waals surface area contributed by atoms with Gasteiger partial charge >= 0.3 is 0 Å². The van der Waals surface area contributed by atoms with Crippen LogP contribution in [0.1, 0.15) is 93.4 Å². The molecule has 0 spiro atoms. The molecule has 3 saturated carbocycles. The van der Waals surface area contributed by atoms with Crippen molar-refractivity contribution < 1.29 is 19.8 Å². The Balaban J connectivity index is 1.67. The van der Waals surface area contributed by atoms with Gasteiger partial charge in [-0.1, -0.05) is 51.8 Å². The zero-order valence-electron chi connectivity index (χ0n) is 22.4. The maximum absolute atomic E-state index is 12.9. The van der Waals surface area contributed by atoms with Gasteiger partial charge in [0.05, 0.1) is 12.0 Å². The van der Waals surface area contributed by atoms with Crippen molar-refractivity contribution in [3.8, 4) is 0 Å². The number of hydrogen-bond acceptors (Lipinski definition) is 4. The van der Waals surface area contributed by atoms with Gasteiger partial charge in [-0.25, -0.2) is 0 Å². The molecular formula is C30H46O4. The third-order valence-electron chi connectivity index (χ3n) is 11.6. The number of aliphatic hydroxyl groups is 2. The van der Waals surface area contributed by atoms with Crippen LogP contribution < -0.4 is 0 Å². The Morgan fingerprint density at radius 2 is 1.82 bits per heavy atom. The predicted octanol–water partition coefficient (Wildman–Crippen LogP) is 5.67. The third-order valence-corrected chi connectivity index (χ3v) is 11.6. The number of rotatable bonds is 5. The van der Waals surface area contributed by atoms with E-state index in [4.69, 9.17) is 0 Å². The topological polar surface area (TPSA) is 74.6 Å². The van der Waals surface area contributed by atoms with Crippen LogP contribution >= 0.6 is 0 Å². The Hall–Kier alpha value is -1.26. The number of aliphatic hydroxyl groups excluding tert-OH is 2. The third kappa shape index (κ3) is 3.38. The lowest BCUT2D eigenvalue weighted by molar-refractivity contribution is -0.153. The number of hydrogen-bond donors (Lipinski definition) is 2. The fourth-order valence-electron chi connectivity index (χ4n) is 9.28. The van der Waals surface area contributed by atoms with Gasteiger partial charge in [-0.3, -0.25) is 9.59 Å². The van der Waals surface area contributed by atoms with E-state index in [9.17, 15) is 19.8 Å². The van der Waals surface area contributed by atoms with E-state index in [1.54, 1.807) is 11.6 Å². The van der Waals surface area contributed by atoms with Gasteiger partial charge in [0.15, 0.2) is 5.78 Å². The lowest BCUT2D eigenvalue weighted by Gasteiger charge is -2.63. The molecule has 34 heavy (non-hydrogen) atoms. The number of carbonyl (C=O) groups excluding carboxylic acids is 2. The fourth-order valence-corrected chi connectivity index (χ4v) is 9.28. The van der Waals surface area contributed by atoms with Gasteiger partial charge in [-0.15, -0.1) is 0 Å². The molecule has 190 valence electrons. The van der Waals surface area contributed by atoms with Crippen LogP contribution in [0.15, 0.2) is 23.3 Å². The Morgan fingerprint density at radius 1 is 1.15 bits per heavy atom. The van der Waals surface area contributed by atoms with Crippen LogP contribution in [0.25, 0.3) is 0 Å². The summed E-state index contributed by atoms with van der Waals surface area (Å²) in [5, 5.41) is 21.2. The van der Waals surface area contributed by atoms with Gasteiger partial charge in [0.1, 0.15) is 11.9 Å². The summed E-state index contributed by atoms with van der Waals surface area (Å²) in [6.07, 6.45) is 9.70. The highest BCUT2D eigenvalue weighted by molar-refractivity contribution is 5.94. The second kappa shape index (κ2) is 8.40. The normalized spacial score (nSPS) is 45.4. The second-order valence-electron chi connectivity index (χ2n) is 13.4. The van der Waals surface area contributed by atoms with E-state index in [-0.39, 0.29) is 46.3 Å². The molecule has 2 N–H and O–H groups in total. The summed E-state index contributed by atoms with van der Waals surface area (Å²) < 4.78 is 0. The first-order valence-electron chi connectivity index (χ1n) is 13.5. The lowest BCUT2D eigenvalue weighted by Crippen LogP contribution is -2.59. The van der Waals surface area contributed by atoms with E-state index in [1.165, 1.54) is 0 Å². The predicted molar refractivity (Wildman–Crippen MR) is 135 cm³/mol. The van der Waals surface area contributed by atoms with Crippen LogP contribution in [0.3, 0.4) is 0 Å². The van der Waals surface area contributed by atoms with Crippen molar-refractivity contribution in [3.05, 3.63) is 23.3 Å².